The fourth-order valence-electron chi connectivity index (χ4n) is 2.36. The monoisotopic (exact) mass is 332 g/mol. The summed E-state index contributed by atoms with van der Waals surface area (Å²) in [7, 11) is 0. The molecule has 0 fully saturated rings. The molecule has 0 saturated carbocycles. The molecule has 0 spiro atoms. The van der Waals surface area contributed by atoms with Crippen LogP contribution < -0.4 is 5.43 Å². The molecule has 0 atom stereocenters. The lowest BCUT2D eigenvalue weighted by Crippen LogP contribution is -2.17. The lowest BCUT2D eigenvalue weighted by molar-refractivity contribution is 0.0950. The van der Waals surface area contributed by atoms with Crippen LogP contribution in [0.25, 0.3) is 11.3 Å². The first-order valence-corrected chi connectivity index (χ1v) is 8.06. The van der Waals surface area contributed by atoms with Gasteiger partial charge in [-0.05, 0) is 49.6 Å². The van der Waals surface area contributed by atoms with Gasteiger partial charge in [-0.15, -0.1) is 0 Å². The Balaban J connectivity index is 1.68. The number of H-pyrrole nitrogens is 1. The number of aromatic amines is 1. The Morgan fingerprint density at radius 2 is 1.80 bits per heavy atom. The molecule has 0 bridgehead atoms. The van der Waals surface area contributed by atoms with Crippen molar-refractivity contribution in [1.82, 2.24) is 15.6 Å². The fraction of sp³-hybridized carbons (Fsp3) is 0.150. The van der Waals surface area contributed by atoms with E-state index < -0.39 is 0 Å². The van der Waals surface area contributed by atoms with Crippen LogP contribution in [0.2, 0.25) is 0 Å². The first-order chi connectivity index (χ1) is 12.0. The third-order valence-corrected chi connectivity index (χ3v) is 4.08. The van der Waals surface area contributed by atoms with Crippen LogP contribution in [0.4, 0.5) is 0 Å². The summed E-state index contributed by atoms with van der Waals surface area (Å²) in [4.78, 5) is 12.2. The zero-order chi connectivity index (χ0) is 17.8. The second kappa shape index (κ2) is 7.13. The Labute approximate surface area is 146 Å². The standard InChI is InChI=1S/C20H20N4O/c1-13-4-7-16(8-5-13)12-21-24-20(25)19-11-18(22-23-19)17-9-6-14(2)15(3)10-17/h4-12H,1-3H3,(H,22,23)(H,24,25)/b21-12+. The number of hydrogen-bond donors (Lipinski definition) is 2. The Morgan fingerprint density at radius 3 is 2.52 bits per heavy atom. The van der Waals surface area contributed by atoms with Crippen LogP contribution in [0, 0.1) is 20.8 Å². The molecule has 1 amide bonds. The molecule has 2 N–H and O–H groups in total. The van der Waals surface area contributed by atoms with E-state index in [1.807, 2.05) is 43.3 Å². The van der Waals surface area contributed by atoms with Crippen molar-refractivity contribution in [2.24, 2.45) is 5.10 Å². The van der Waals surface area contributed by atoms with Crippen LogP contribution in [0.1, 0.15) is 32.7 Å². The van der Waals surface area contributed by atoms with Gasteiger partial charge in [-0.1, -0.05) is 42.0 Å². The first-order valence-electron chi connectivity index (χ1n) is 8.06. The number of aryl methyl sites for hydroxylation is 3. The van der Waals surface area contributed by atoms with Crippen molar-refractivity contribution in [2.75, 3.05) is 0 Å². The molecule has 0 saturated heterocycles. The van der Waals surface area contributed by atoms with Crippen molar-refractivity contribution in [3.05, 3.63) is 76.5 Å². The number of rotatable bonds is 4. The summed E-state index contributed by atoms with van der Waals surface area (Å²) in [5.74, 6) is -0.328. The maximum atomic E-state index is 12.2. The second-order valence-corrected chi connectivity index (χ2v) is 6.08. The molecule has 126 valence electrons. The van der Waals surface area contributed by atoms with Gasteiger partial charge in [0, 0.05) is 5.56 Å². The van der Waals surface area contributed by atoms with Gasteiger partial charge in [0.1, 0.15) is 5.69 Å². The molecule has 0 aliphatic rings. The molecule has 0 aliphatic heterocycles. The molecular formula is C20H20N4O. The van der Waals surface area contributed by atoms with Gasteiger partial charge in [0.15, 0.2) is 0 Å². The third-order valence-electron chi connectivity index (χ3n) is 4.08. The maximum absolute atomic E-state index is 12.2. The normalized spacial score (nSPS) is 11.0. The Morgan fingerprint density at radius 1 is 1.04 bits per heavy atom. The number of amides is 1. The van der Waals surface area contributed by atoms with Crippen LogP contribution in [0.3, 0.4) is 0 Å². The number of nitrogens with zero attached hydrogens (tertiary/aromatic N) is 2. The summed E-state index contributed by atoms with van der Waals surface area (Å²) in [5, 5.41) is 11.0. The van der Waals surface area contributed by atoms with Crippen LogP contribution >= 0.6 is 0 Å². The van der Waals surface area contributed by atoms with Crippen LogP contribution in [-0.2, 0) is 0 Å². The van der Waals surface area contributed by atoms with E-state index in [1.165, 1.54) is 16.7 Å². The average Bonchev–Trinajstić information content (AvgIpc) is 3.09. The highest BCUT2D eigenvalue weighted by atomic mass is 16.2. The van der Waals surface area contributed by atoms with Gasteiger partial charge >= 0.3 is 0 Å². The van der Waals surface area contributed by atoms with E-state index in [1.54, 1.807) is 12.3 Å². The molecule has 0 aliphatic carbocycles. The lowest BCUT2D eigenvalue weighted by atomic mass is 10.0. The summed E-state index contributed by atoms with van der Waals surface area (Å²) < 4.78 is 0. The zero-order valence-electron chi connectivity index (χ0n) is 14.5. The summed E-state index contributed by atoms with van der Waals surface area (Å²) >= 11 is 0. The summed E-state index contributed by atoms with van der Waals surface area (Å²) in [6.07, 6.45) is 1.61. The zero-order valence-corrected chi connectivity index (χ0v) is 14.5. The van der Waals surface area contributed by atoms with Crippen molar-refractivity contribution < 1.29 is 4.79 Å². The van der Waals surface area contributed by atoms with Gasteiger partial charge in [-0.3, -0.25) is 9.89 Å². The number of benzene rings is 2. The van der Waals surface area contributed by atoms with Crippen LogP contribution in [0.5, 0.6) is 0 Å². The van der Waals surface area contributed by atoms with Crippen LogP contribution in [-0.4, -0.2) is 22.3 Å². The molecule has 0 radical (unpaired) electrons. The highest BCUT2D eigenvalue weighted by Gasteiger charge is 2.10. The Kier molecular flexibility index (Phi) is 4.75. The predicted octanol–water partition coefficient (Wildman–Crippen LogP) is 3.77. The van der Waals surface area contributed by atoms with Crippen molar-refractivity contribution in [1.29, 1.82) is 0 Å². The van der Waals surface area contributed by atoms with Crippen molar-refractivity contribution in [2.45, 2.75) is 20.8 Å². The molecule has 3 rings (SSSR count). The van der Waals surface area contributed by atoms with E-state index in [9.17, 15) is 4.79 Å². The fourth-order valence-corrected chi connectivity index (χ4v) is 2.36. The summed E-state index contributed by atoms with van der Waals surface area (Å²) in [5.41, 5.74) is 9.10. The van der Waals surface area contributed by atoms with Crippen molar-refractivity contribution in [3.8, 4) is 11.3 Å². The SMILES string of the molecule is Cc1ccc(/C=N/NC(=O)c2cc(-c3ccc(C)c(C)c3)n[nH]2)cc1. The average molecular weight is 332 g/mol. The van der Waals surface area contributed by atoms with Crippen molar-refractivity contribution in [3.63, 3.8) is 0 Å². The minimum absolute atomic E-state index is 0.328. The van der Waals surface area contributed by atoms with E-state index in [0.717, 1.165) is 16.8 Å². The molecule has 2 aromatic carbocycles. The quantitative estimate of drug-likeness (QED) is 0.564. The number of nitrogens with one attached hydrogen (secondary N) is 2. The smallest absolute Gasteiger partial charge is 0.272 e. The lowest BCUT2D eigenvalue weighted by Gasteiger charge is -2.01. The van der Waals surface area contributed by atoms with E-state index in [4.69, 9.17) is 0 Å². The molecule has 1 aromatic heterocycles. The van der Waals surface area contributed by atoms with Gasteiger partial charge in [0.05, 0.1) is 11.9 Å². The Bertz CT molecular complexity index is 923. The minimum Gasteiger partial charge on any atom is -0.272 e. The predicted molar refractivity (Wildman–Crippen MR) is 99.7 cm³/mol. The van der Waals surface area contributed by atoms with Crippen molar-refractivity contribution >= 4 is 12.1 Å². The Hall–Kier alpha value is -3.21. The first kappa shape index (κ1) is 16.6. The molecular weight excluding hydrogens is 312 g/mol. The van der Waals surface area contributed by atoms with E-state index >= 15 is 0 Å². The number of aromatic nitrogens is 2. The van der Waals surface area contributed by atoms with E-state index in [2.05, 4.69) is 40.6 Å². The van der Waals surface area contributed by atoms with E-state index in [-0.39, 0.29) is 5.91 Å². The summed E-state index contributed by atoms with van der Waals surface area (Å²) in [6, 6.07) is 15.7. The highest BCUT2D eigenvalue weighted by Crippen LogP contribution is 2.20. The van der Waals surface area contributed by atoms with Gasteiger partial charge in [-0.2, -0.15) is 10.2 Å². The van der Waals surface area contributed by atoms with Gasteiger partial charge in [-0.25, -0.2) is 5.43 Å². The topological polar surface area (TPSA) is 70.1 Å². The maximum Gasteiger partial charge on any atom is 0.289 e. The molecule has 5 heteroatoms. The molecule has 3 aromatic rings. The number of carbonyl (C=O) groups is 1. The van der Waals surface area contributed by atoms with Gasteiger partial charge in [0.25, 0.3) is 5.91 Å². The third kappa shape index (κ3) is 4.01. The van der Waals surface area contributed by atoms with Gasteiger partial charge in [0.2, 0.25) is 0 Å². The van der Waals surface area contributed by atoms with Gasteiger partial charge < -0.3 is 0 Å². The largest absolute Gasteiger partial charge is 0.289 e. The number of hydrogen-bond acceptors (Lipinski definition) is 3. The number of carbonyl (C=O) groups excluding carboxylic acids is 1. The molecule has 1 heterocycles. The molecule has 25 heavy (non-hydrogen) atoms. The minimum atomic E-state index is -0.328. The van der Waals surface area contributed by atoms with Crippen LogP contribution in [0.15, 0.2) is 53.6 Å². The second-order valence-electron chi connectivity index (χ2n) is 6.08. The molecule has 5 nitrogen and oxygen atoms in total. The highest BCUT2D eigenvalue weighted by molar-refractivity contribution is 5.94. The summed E-state index contributed by atoms with van der Waals surface area (Å²) in [6.45, 7) is 6.14. The van der Waals surface area contributed by atoms with E-state index in [0.29, 0.717) is 5.69 Å². The number of hydrazone groups is 1. The molecule has 0 unspecified atom stereocenters.